The van der Waals surface area contributed by atoms with Crippen molar-refractivity contribution in [1.82, 2.24) is 4.57 Å². The summed E-state index contributed by atoms with van der Waals surface area (Å²) < 4.78 is 120. The molecule has 42 heavy (non-hydrogen) atoms. The van der Waals surface area contributed by atoms with E-state index in [-0.39, 0.29) is 27.5 Å². The maximum atomic E-state index is 14.2. The molecule has 0 bridgehead atoms. The third-order valence-electron chi connectivity index (χ3n) is 6.08. The SMILES string of the molecule is Cc1c(/C(=N/OC(=O)c2cccc(C(F)(F)F)c2)C(F)(F)F)cc(-c2ccc(S(C)(=O)=O)cc2)n1-c1ccc(F)cc1. The fourth-order valence-electron chi connectivity index (χ4n) is 4.07. The summed E-state index contributed by atoms with van der Waals surface area (Å²) in [4.78, 5) is 16.8. The Kier molecular flexibility index (Phi) is 8.05. The zero-order valence-electron chi connectivity index (χ0n) is 21.6. The minimum absolute atomic E-state index is 0.0397. The fourth-order valence-corrected chi connectivity index (χ4v) is 4.70. The van der Waals surface area contributed by atoms with Crippen LogP contribution in [0, 0.1) is 12.7 Å². The molecule has 220 valence electrons. The summed E-state index contributed by atoms with van der Waals surface area (Å²) in [5.74, 6) is -2.17. The number of aromatic nitrogens is 1. The number of sulfone groups is 1. The Balaban J connectivity index is 1.84. The molecule has 1 heterocycles. The third-order valence-corrected chi connectivity index (χ3v) is 7.21. The Bertz CT molecular complexity index is 1770. The van der Waals surface area contributed by atoms with Gasteiger partial charge in [0.25, 0.3) is 0 Å². The van der Waals surface area contributed by atoms with Gasteiger partial charge in [-0.15, -0.1) is 0 Å². The van der Waals surface area contributed by atoms with Gasteiger partial charge < -0.3 is 9.40 Å². The highest BCUT2D eigenvalue weighted by Crippen LogP contribution is 2.34. The number of rotatable bonds is 6. The van der Waals surface area contributed by atoms with Crippen LogP contribution in [-0.2, 0) is 20.9 Å². The number of hydrogen-bond donors (Lipinski definition) is 0. The molecule has 0 N–H and O–H groups in total. The van der Waals surface area contributed by atoms with E-state index in [1.54, 1.807) is 0 Å². The highest BCUT2D eigenvalue weighted by atomic mass is 32.2. The molecule has 0 spiro atoms. The van der Waals surface area contributed by atoms with Gasteiger partial charge >= 0.3 is 18.3 Å². The number of benzene rings is 3. The van der Waals surface area contributed by atoms with Crippen molar-refractivity contribution in [2.45, 2.75) is 24.2 Å². The van der Waals surface area contributed by atoms with E-state index in [2.05, 4.69) is 9.99 Å². The lowest BCUT2D eigenvalue weighted by atomic mass is 10.1. The largest absolute Gasteiger partial charge is 0.437 e. The lowest BCUT2D eigenvalue weighted by Crippen LogP contribution is -2.25. The molecular weight excluding hydrogens is 593 g/mol. The Morgan fingerprint density at radius 2 is 1.50 bits per heavy atom. The van der Waals surface area contributed by atoms with Crippen LogP contribution in [-0.4, -0.2) is 37.1 Å². The first-order valence-corrected chi connectivity index (χ1v) is 13.7. The number of oxime groups is 1. The monoisotopic (exact) mass is 612 g/mol. The maximum Gasteiger partial charge on any atom is 0.437 e. The Labute approximate surface area is 234 Å². The molecule has 4 aromatic rings. The second-order valence-corrected chi connectivity index (χ2v) is 11.0. The smallest absolute Gasteiger partial charge is 0.313 e. The van der Waals surface area contributed by atoms with Crippen LogP contribution in [0.2, 0.25) is 0 Å². The van der Waals surface area contributed by atoms with Crippen LogP contribution in [0.1, 0.15) is 27.2 Å². The number of carbonyl (C=O) groups is 1. The summed E-state index contributed by atoms with van der Waals surface area (Å²) in [5, 5.41) is 3.00. The zero-order valence-corrected chi connectivity index (χ0v) is 22.4. The van der Waals surface area contributed by atoms with E-state index in [1.807, 2.05) is 0 Å². The van der Waals surface area contributed by atoms with E-state index in [1.165, 1.54) is 47.9 Å². The maximum absolute atomic E-state index is 14.2. The standard InChI is InChI=1S/C28H19F7N2O4S/c1-16-23(25(28(33,34)35)36-41-26(38)18-4-3-5-19(14-18)27(30,31)32)15-24(37(16)21-10-8-20(29)9-11-21)17-6-12-22(13-7-17)42(2,39)40/h3-15H,1-2H3/b36-25-. The third kappa shape index (κ3) is 6.54. The molecule has 0 unspecified atom stereocenters. The minimum Gasteiger partial charge on any atom is -0.313 e. The zero-order chi connectivity index (χ0) is 31.0. The van der Waals surface area contributed by atoms with Crippen LogP contribution in [0.5, 0.6) is 0 Å². The molecule has 0 saturated heterocycles. The van der Waals surface area contributed by atoms with E-state index in [4.69, 9.17) is 0 Å². The molecule has 4 rings (SSSR count). The Morgan fingerprint density at radius 1 is 0.881 bits per heavy atom. The van der Waals surface area contributed by atoms with Crippen molar-refractivity contribution < 1.29 is 48.8 Å². The minimum atomic E-state index is -5.20. The summed E-state index contributed by atoms with van der Waals surface area (Å²) in [7, 11) is -3.58. The van der Waals surface area contributed by atoms with Crippen LogP contribution in [0.25, 0.3) is 16.9 Å². The molecule has 0 aliphatic carbocycles. The first-order valence-electron chi connectivity index (χ1n) is 11.8. The number of halogens is 7. The number of nitrogens with zero attached hydrogens (tertiary/aromatic N) is 2. The van der Waals surface area contributed by atoms with Crippen LogP contribution in [0.15, 0.2) is 88.9 Å². The molecule has 0 aliphatic heterocycles. The van der Waals surface area contributed by atoms with Crippen molar-refractivity contribution in [3.05, 3.63) is 107 Å². The molecular formula is C28H19F7N2O4S. The number of hydrogen-bond acceptors (Lipinski definition) is 5. The number of alkyl halides is 6. The first kappa shape index (κ1) is 30.5. The molecule has 0 amide bonds. The van der Waals surface area contributed by atoms with E-state index < -0.39 is 56.4 Å². The fraction of sp³-hybridized carbons (Fsp3) is 0.143. The molecule has 0 atom stereocenters. The molecule has 0 saturated carbocycles. The van der Waals surface area contributed by atoms with Crippen LogP contribution < -0.4 is 0 Å². The van der Waals surface area contributed by atoms with Crippen molar-refractivity contribution in [3.63, 3.8) is 0 Å². The predicted molar refractivity (Wildman–Crippen MR) is 138 cm³/mol. The van der Waals surface area contributed by atoms with E-state index in [0.717, 1.165) is 36.6 Å². The first-order chi connectivity index (χ1) is 19.5. The molecule has 0 fully saturated rings. The van der Waals surface area contributed by atoms with Crippen molar-refractivity contribution in [2.24, 2.45) is 5.16 Å². The van der Waals surface area contributed by atoms with Crippen LogP contribution >= 0.6 is 0 Å². The molecule has 14 heteroatoms. The quantitative estimate of drug-likeness (QED) is 0.100. The van der Waals surface area contributed by atoms with Gasteiger partial charge in [0.2, 0.25) is 0 Å². The van der Waals surface area contributed by atoms with Crippen molar-refractivity contribution in [3.8, 4) is 16.9 Å². The Morgan fingerprint density at radius 3 is 2.05 bits per heavy atom. The topological polar surface area (TPSA) is 77.7 Å². The second-order valence-electron chi connectivity index (χ2n) is 9.03. The molecule has 1 aromatic heterocycles. The highest BCUT2D eigenvalue weighted by molar-refractivity contribution is 7.90. The van der Waals surface area contributed by atoms with E-state index in [0.29, 0.717) is 12.1 Å². The van der Waals surface area contributed by atoms with Crippen molar-refractivity contribution in [2.75, 3.05) is 6.26 Å². The van der Waals surface area contributed by atoms with Crippen molar-refractivity contribution >= 4 is 21.5 Å². The lowest BCUT2D eigenvalue weighted by molar-refractivity contribution is -0.137. The van der Waals surface area contributed by atoms with Gasteiger partial charge in [-0.05, 0) is 73.2 Å². The van der Waals surface area contributed by atoms with Gasteiger partial charge in [0, 0.05) is 23.2 Å². The van der Waals surface area contributed by atoms with Gasteiger partial charge in [-0.3, -0.25) is 0 Å². The second kappa shape index (κ2) is 11.1. The van der Waals surface area contributed by atoms with E-state index >= 15 is 0 Å². The average molecular weight is 613 g/mol. The molecule has 3 aromatic carbocycles. The van der Waals surface area contributed by atoms with Crippen LogP contribution in [0.3, 0.4) is 0 Å². The Hall–Kier alpha value is -4.46. The normalized spacial score (nSPS) is 12.8. The van der Waals surface area contributed by atoms with Gasteiger partial charge in [0.15, 0.2) is 15.5 Å². The molecule has 6 nitrogen and oxygen atoms in total. The number of carbonyl (C=O) groups excluding carboxylic acids is 1. The molecule has 0 aliphatic rings. The summed E-state index contributed by atoms with van der Waals surface area (Å²) >= 11 is 0. The average Bonchev–Trinajstić information content (AvgIpc) is 3.24. The van der Waals surface area contributed by atoms with Gasteiger partial charge in [0.05, 0.1) is 21.7 Å². The van der Waals surface area contributed by atoms with Crippen LogP contribution in [0.4, 0.5) is 30.7 Å². The highest BCUT2D eigenvalue weighted by Gasteiger charge is 2.40. The summed E-state index contributed by atoms with van der Waals surface area (Å²) in [5.41, 5.74) is -3.56. The van der Waals surface area contributed by atoms with Gasteiger partial charge in [-0.25, -0.2) is 17.6 Å². The van der Waals surface area contributed by atoms with Crippen molar-refractivity contribution in [1.29, 1.82) is 0 Å². The molecule has 0 radical (unpaired) electrons. The van der Waals surface area contributed by atoms with Gasteiger partial charge in [0.1, 0.15) is 5.82 Å². The van der Waals surface area contributed by atoms with Gasteiger partial charge in [-0.2, -0.15) is 26.3 Å². The van der Waals surface area contributed by atoms with Gasteiger partial charge in [-0.1, -0.05) is 23.4 Å². The summed E-state index contributed by atoms with van der Waals surface area (Å²) in [6.07, 6.45) is -9.03. The summed E-state index contributed by atoms with van der Waals surface area (Å²) in [6.45, 7) is 1.29. The lowest BCUT2D eigenvalue weighted by Gasteiger charge is -2.14. The van der Waals surface area contributed by atoms with E-state index in [9.17, 15) is 43.9 Å². The predicted octanol–water partition coefficient (Wildman–Crippen LogP) is 7.14. The summed E-state index contributed by atoms with van der Waals surface area (Å²) in [6, 6.07) is 14.0.